The largest absolute Gasteiger partial charge is 0.476 e. The number of aliphatic hydroxyl groups is 1. The van der Waals surface area contributed by atoms with Crippen LogP contribution in [-0.4, -0.2) is 71.7 Å². The zero-order valence-corrected chi connectivity index (χ0v) is 19.9. The van der Waals surface area contributed by atoms with E-state index in [1.165, 1.54) is 10.2 Å². The minimum atomic E-state index is -1.16. The van der Waals surface area contributed by atoms with Crippen molar-refractivity contribution in [2.45, 2.75) is 56.8 Å². The maximum absolute atomic E-state index is 12.8. The van der Waals surface area contributed by atoms with Crippen molar-refractivity contribution in [3.8, 4) is 0 Å². The number of piperidine rings is 1. The molecular formula is C25H30N6O5. The lowest BCUT2D eigenvalue weighted by Gasteiger charge is -2.43. The van der Waals surface area contributed by atoms with Crippen LogP contribution >= 0.6 is 0 Å². The fourth-order valence-corrected chi connectivity index (χ4v) is 5.12. The number of hydrogen-bond acceptors (Lipinski definition) is 8. The molecule has 11 nitrogen and oxygen atoms in total. The van der Waals surface area contributed by atoms with Gasteiger partial charge in [0.1, 0.15) is 12.8 Å². The lowest BCUT2D eigenvalue weighted by molar-refractivity contribution is -0.142. The van der Waals surface area contributed by atoms with Gasteiger partial charge in [-0.2, -0.15) is 0 Å². The van der Waals surface area contributed by atoms with E-state index in [9.17, 15) is 14.7 Å². The van der Waals surface area contributed by atoms with Crippen molar-refractivity contribution in [1.29, 1.82) is 0 Å². The molecule has 2 aromatic heterocycles. The number of carboxylic acid groups (broad SMARTS) is 1. The Labute approximate surface area is 208 Å². The van der Waals surface area contributed by atoms with E-state index < -0.39 is 11.6 Å². The summed E-state index contributed by atoms with van der Waals surface area (Å²) in [7, 11) is 0. The van der Waals surface area contributed by atoms with Crippen molar-refractivity contribution >= 4 is 11.9 Å². The summed E-state index contributed by atoms with van der Waals surface area (Å²) in [5.41, 5.74) is 0.699. The number of hydrogen-bond donors (Lipinski definition) is 3. The smallest absolute Gasteiger partial charge is 0.357 e. The molecule has 11 heteroatoms. The van der Waals surface area contributed by atoms with E-state index in [1.807, 2.05) is 18.2 Å². The average Bonchev–Trinajstić information content (AvgIpc) is 3.48. The third-order valence-electron chi connectivity index (χ3n) is 6.89. The average molecular weight is 495 g/mol. The minimum Gasteiger partial charge on any atom is -0.476 e. The molecule has 2 fully saturated rings. The van der Waals surface area contributed by atoms with Crippen molar-refractivity contribution in [3.05, 3.63) is 65.6 Å². The van der Waals surface area contributed by atoms with E-state index in [1.54, 1.807) is 6.20 Å². The van der Waals surface area contributed by atoms with Crippen LogP contribution in [0.3, 0.4) is 0 Å². The number of carboxylic acids is 1. The molecule has 1 amide bonds. The molecule has 1 saturated heterocycles. The molecule has 2 aliphatic rings. The summed E-state index contributed by atoms with van der Waals surface area (Å²) in [6, 6.07) is 10.5. The molecule has 0 bridgehead atoms. The van der Waals surface area contributed by atoms with Crippen LogP contribution < -0.4 is 5.32 Å². The molecule has 1 saturated carbocycles. The summed E-state index contributed by atoms with van der Waals surface area (Å²) in [5, 5.41) is 31.1. The lowest BCUT2D eigenvalue weighted by Crippen LogP contribution is -2.55. The van der Waals surface area contributed by atoms with Gasteiger partial charge in [-0.05, 0) is 37.8 Å². The molecule has 1 unspecified atom stereocenters. The first kappa shape index (κ1) is 24.1. The van der Waals surface area contributed by atoms with Gasteiger partial charge in [-0.25, -0.2) is 14.5 Å². The van der Waals surface area contributed by atoms with Crippen LogP contribution in [0.25, 0.3) is 0 Å². The van der Waals surface area contributed by atoms with Crippen molar-refractivity contribution < 1.29 is 24.2 Å². The van der Waals surface area contributed by atoms with Gasteiger partial charge in [0.05, 0.1) is 11.3 Å². The number of likely N-dealkylation sites (tertiary alicyclic amines) is 1. The zero-order chi connectivity index (χ0) is 25.1. The highest BCUT2D eigenvalue weighted by Gasteiger charge is 2.47. The first-order chi connectivity index (χ1) is 17.3. The van der Waals surface area contributed by atoms with Crippen molar-refractivity contribution in [3.63, 3.8) is 0 Å². The monoisotopic (exact) mass is 494 g/mol. The number of oxazole rings is 1. The third-order valence-corrected chi connectivity index (χ3v) is 6.89. The minimum absolute atomic E-state index is 0.00742. The Balaban J connectivity index is 1.07. The number of aromatic carboxylic acids is 1. The van der Waals surface area contributed by atoms with Gasteiger partial charge < -0.3 is 19.9 Å². The zero-order valence-electron chi connectivity index (χ0n) is 19.9. The standard InChI is InChI=1S/C25H30N6O5/c32-23(26-19-7-4-8-30(13-19)12-17-5-2-1-3-6-17)18-9-25(35,10-18)11-20-14-31(29-28-20)15-22-27-21(16-36-22)24(33)34/h1-3,5-6,14,16,18-19,35H,4,7-13,15H2,(H,26,32)(H,33,34). The summed E-state index contributed by atoms with van der Waals surface area (Å²) in [5.74, 6) is -1.17. The SMILES string of the molecule is O=C(O)c1coc(Cn2cc(CC3(O)CC(C(=O)NC4CCCN(Cc5ccccc5)C4)C3)nn2)n1. The summed E-state index contributed by atoms with van der Waals surface area (Å²) in [6.45, 7) is 2.88. The summed E-state index contributed by atoms with van der Waals surface area (Å²) in [4.78, 5) is 30.0. The van der Waals surface area contributed by atoms with Crippen LogP contribution in [0.5, 0.6) is 0 Å². The highest BCUT2D eigenvalue weighted by molar-refractivity contribution is 5.84. The first-order valence-corrected chi connectivity index (χ1v) is 12.2. The Morgan fingerprint density at radius 2 is 2.00 bits per heavy atom. The predicted molar refractivity (Wildman–Crippen MR) is 127 cm³/mol. The van der Waals surface area contributed by atoms with Crippen molar-refractivity contribution in [1.82, 2.24) is 30.2 Å². The number of benzene rings is 1. The lowest BCUT2D eigenvalue weighted by atomic mass is 9.68. The van der Waals surface area contributed by atoms with Gasteiger partial charge in [0.15, 0.2) is 5.69 Å². The fourth-order valence-electron chi connectivity index (χ4n) is 5.12. The van der Waals surface area contributed by atoms with Crippen LogP contribution in [0.2, 0.25) is 0 Å². The Morgan fingerprint density at radius 1 is 1.19 bits per heavy atom. The van der Waals surface area contributed by atoms with E-state index in [4.69, 9.17) is 9.52 Å². The van der Waals surface area contributed by atoms with E-state index in [0.717, 1.165) is 38.7 Å². The molecule has 0 radical (unpaired) electrons. The maximum Gasteiger partial charge on any atom is 0.357 e. The van der Waals surface area contributed by atoms with E-state index in [0.29, 0.717) is 18.5 Å². The highest BCUT2D eigenvalue weighted by Crippen LogP contribution is 2.40. The normalized spacial score (nSPS) is 24.2. The summed E-state index contributed by atoms with van der Waals surface area (Å²) >= 11 is 0. The number of nitrogens with one attached hydrogen (secondary N) is 1. The van der Waals surface area contributed by atoms with Crippen LogP contribution in [-0.2, 0) is 24.3 Å². The predicted octanol–water partition coefficient (Wildman–Crippen LogP) is 1.48. The number of carbonyl (C=O) groups excluding carboxylic acids is 1. The van der Waals surface area contributed by atoms with Gasteiger partial charge in [0.25, 0.3) is 0 Å². The van der Waals surface area contributed by atoms with Crippen LogP contribution in [0.15, 0.2) is 47.2 Å². The second-order valence-corrected chi connectivity index (χ2v) is 9.91. The maximum atomic E-state index is 12.8. The molecule has 3 N–H and O–H groups in total. The number of aromatic nitrogens is 4. The van der Waals surface area contributed by atoms with Crippen LogP contribution in [0.4, 0.5) is 0 Å². The van der Waals surface area contributed by atoms with Gasteiger partial charge in [0.2, 0.25) is 11.8 Å². The van der Waals surface area contributed by atoms with Crippen LogP contribution in [0, 0.1) is 5.92 Å². The Kier molecular flexibility index (Phi) is 6.84. The highest BCUT2D eigenvalue weighted by atomic mass is 16.4. The number of amides is 1. The molecule has 3 heterocycles. The van der Waals surface area contributed by atoms with Gasteiger partial charge in [0, 0.05) is 37.7 Å². The molecule has 1 aromatic carbocycles. The molecule has 1 atom stereocenters. The molecule has 190 valence electrons. The number of carbonyl (C=O) groups is 2. The third kappa shape index (κ3) is 5.80. The molecular weight excluding hydrogens is 464 g/mol. The molecule has 5 rings (SSSR count). The number of rotatable bonds is 9. The van der Waals surface area contributed by atoms with Crippen LogP contribution in [0.1, 0.15) is 53.3 Å². The Bertz CT molecular complexity index is 1200. The molecule has 1 aliphatic carbocycles. The molecule has 3 aromatic rings. The van der Waals surface area contributed by atoms with Crippen molar-refractivity contribution in [2.24, 2.45) is 5.92 Å². The molecule has 0 spiro atoms. The van der Waals surface area contributed by atoms with Gasteiger partial charge in [-0.1, -0.05) is 35.5 Å². The first-order valence-electron chi connectivity index (χ1n) is 12.2. The molecule has 1 aliphatic heterocycles. The summed E-state index contributed by atoms with van der Waals surface area (Å²) < 4.78 is 6.61. The quantitative estimate of drug-likeness (QED) is 0.402. The molecule has 36 heavy (non-hydrogen) atoms. The van der Waals surface area contributed by atoms with Gasteiger partial charge in [-0.3, -0.25) is 9.69 Å². The summed E-state index contributed by atoms with van der Waals surface area (Å²) in [6.07, 6.45) is 5.81. The van der Waals surface area contributed by atoms with Crippen molar-refractivity contribution in [2.75, 3.05) is 13.1 Å². The Hall–Kier alpha value is -3.57. The van der Waals surface area contributed by atoms with E-state index in [2.05, 4.69) is 37.6 Å². The van der Waals surface area contributed by atoms with E-state index in [-0.39, 0.29) is 42.4 Å². The van der Waals surface area contributed by atoms with E-state index >= 15 is 0 Å². The van der Waals surface area contributed by atoms with Gasteiger partial charge >= 0.3 is 5.97 Å². The second-order valence-electron chi connectivity index (χ2n) is 9.91. The van der Waals surface area contributed by atoms with Gasteiger partial charge in [-0.15, -0.1) is 5.10 Å². The topological polar surface area (TPSA) is 147 Å². The Morgan fingerprint density at radius 3 is 2.75 bits per heavy atom. The second kappa shape index (κ2) is 10.2. The number of nitrogens with zero attached hydrogens (tertiary/aromatic N) is 5. The fraction of sp³-hybridized carbons (Fsp3) is 0.480.